The van der Waals surface area contributed by atoms with Crippen LogP contribution in [0.15, 0.2) is 63.3 Å². The van der Waals surface area contributed by atoms with Gasteiger partial charge in [0.1, 0.15) is 16.1 Å². The van der Waals surface area contributed by atoms with Crippen molar-refractivity contribution in [2.24, 2.45) is 10.7 Å². The molecular formula is C22H21N5O3S. The standard InChI is InChI=1S/C22H21N5O3S/c23-12-14-5-3-6-15(11-14)26-20(28)19-18(24)17(22(29)27-8-1-2-9-27)21(31-19)25-13-16-7-4-10-30-16/h3-7,10-11,19H,1-2,8-9,13,24H2,(H,26,28). The van der Waals surface area contributed by atoms with E-state index in [9.17, 15) is 9.59 Å². The van der Waals surface area contributed by atoms with Gasteiger partial charge in [-0.2, -0.15) is 5.26 Å². The van der Waals surface area contributed by atoms with Crippen LogP contribution in [0.5, 0.6) is 0 Å². The molecule has 0 aliphatic carbocycles. The Labute approximate surface area is 183 Å². The molecule has 1 aromatic heterocycles. The second-order valence-corrected chi connectivity index (χ2v) is 8.30. The van der Waals surface area contributed by atoms with Crippen LogP contribution in [0.25, 0.3) is 0 Å². The van der Waals surface area contributed by atoms with Gasteiger partial charge in [-0.1, -0.05) is 17.8 Å². The Morgan fingerprint density at radius 3 is 2.81 bits per heavy atom. The fraction of sp³-hybridized carbons (Fsp3) is 0.273. The topological polar surface area (TPSA) is 125 Å². The number of likely N-dealkylation sites (tertiary alicyclic amines) is 1. The summed E-state index contributed by atoms with van der Waals surface area (Å²) in [5.41, 5.74) is 7.76. The molecule has 2 aliphatic heterocycles. The first kappa shape index (κ1) is 20.8. The van der Waals surface area contributed by atoms with Crippen LogP contribution in [0.2, 0.25) is 0 Å². The van der Waals surface area contributed by atoms with Crippen LogP contribution in [0, 0.1) is 11.3 Å². The van der Waals surface area contributed by atoms with Crippen molar-refractivity contribution in [1.29, 1.82) is 5.26 Å². The molecule has 31 heavy (non-hydrogen) atoms. The summed E-state index contributed by atoms with van der Waals surface area (Å²) in [5, 5.41) is 11.5. The van der Waals surface area contributed by atoms with E-state index < -0.39 is 5.25 Å². The van der Waals surface area contributed by atoms with Gasteiger partial charge in [-0.25, -0.2) is 0 Å². The Morgan fingerprint density at radius 2 is 2.10 bits per heavy atom. The molecule has 1 atom stereocenters. The molecule has 8 nitrogen and oxygen atoms in total. The molecule has 1 aromatic carbocycles. The zero-order valence-corrected chi connectivity index (χ0v) is 17.5. The van der Waals surface area contributed by atoms with Gasteiger partial charge in [0.15, 0.2) is 0 Å². The molecule has 1 saturated heterocycles. The van der Waals surface area contributed by atoms with Crippen LogP contribution in [0.1, 0.15) is 24.2 Å². The number of anilines is 1. The lowest BCUT2D eigenvalue weighted by molar-refractivity contribution is -0.125. The molecule has 4 rings (SSSR count). The highest BCUT2D eigenvalue weighted by atomic mass is 32.2. The molecule has 2 aliphatic rings. The normalized spacial score (nSPS) is 19.6. The maximum atomic E-state index is 13.1. The van der Waals surface area contributed by atoms with Crippen molar-refractivity contribution in [1.82, 2.24) is 4.90 Å². The predicted molar refractivity (Wildman–Crippen MR) is 118 cm³/mol. The molecule has 2 aromatic rings. The summed E-state index contributed by atoms with van der Waals surface area (Å²) in [6.45, 7) is 1.59. The Morgan fingerprint density at radius 1 is 1.29 bits per heavy atom. The Kier molecular flexibility index (Phi) is 6.09. The lowest BCUT2D eigenvalue weighted by atomic mass is 10.1. The quantitative estimate of drug-likeness (QED) is 0.744. The third kappa shape index (κ3) is 4.49. The van der Waals surface area contributed by atoms with E-state index in [0.717, 1.165) is 24.6 Å². The molecule has 0 spiro atoms. The number of nitrogens with zero attached hydrogens (tertiary/aromatic N) is 3. The number of hydrogen-bond acceptors (Lipinski definition) is 7. The maximum absolute atomic E-state index is 13.1. The first-order valence-electron chi connectivity index (χ1n) is 9.90. The number of aliphatic imine (C=N–C) groups is 1. The molecule has 0 saturated carbocycles. The van der Waals surface area contributed by atoms with Crippen LogP contribution in [0.3, 0.4) is 0 Å². The van der Waals surface area contributed by atoms with Gasteiger partial charge >= 0.3 is 0 Å². The van der Waals surface area contributed by atoms with Gasteiger partial charge < -0.3 is 20.4 Å². The van der Waals surface area contributed by atoms with Crippen LogP contribution in [-0.4, -0.2) is 40.1 Å². The molecule has 1 fully saturated rings. The summed E-state index contributed by atoms with van der Waals surface area (Å²) in [4.78, 5) is 32.4. The second-order valence-electron chi connectivity index (χ2n) is 7.21. The van der Waals surface area contributed by atoms with Crippen LogP contribution >= 0.6 is 11.8 Å². The van der Waals surface area contributed by atoms with Gasteiger partial charge in [0, 0.05) is 24.5 Å². The fourth-order valence-electron chi connectivity index (χ4n) is 3.52. The highest BCUT2D eigenvalue weighted by Gasteiger charge is 2.40. The molecule has 2 amide bonds. The van der Waals surface area contributed by atoms with Gasteiger partial charge in [-0.3, -0.25) is 14.6 Å². The number of furan rings is 1. The zero-order valence-electron chi connectivity index (χ0n) is 16.7. The number of benzene rings is 1. The fourth-order valence-corrected chi connectivity index (χ4v) is 4.62. The highest BCUT2D eigenvalue weighted by molar-refractivity contribution is 8.16. The molecule has 158 valence electrons. The molecule has 0 radical (unpaired) electrons. The molecule has 3 heterocycles. The van der Waals surface area contributed by atoms with Gasteiger partial charge in [-0.05, 0) is 43.2 Å². The van der Waals surface area contributed by atoms with E-state index in [0.29, 0.717) is 40.7 Å². The van der Waals surface area contributed by atoms with Crippen molar-refractivity contribution in [3.05, 3.63) is 65.3 Å². The second kappa shape index (κ2) is 9.10. The molecule has 0 bridgehead atoms. The van der Waals surface area contributed by atoms with Crippen LogP contribution in [0.4, 0.5) is 5.69 Å². The third-order valence-corrected chi connectivity index (χ3v) is 6.34. The first-order chi connectivity index (χ1) is 15.1. The minimum absolute atomic E-state index is 0.192. The van der Waals surface area contributed by atoms with Crippen molar-refractivity contribution in [2.75, 3.05) is 18.4 Å². The van der Waals surface area contributed by atoms with Crippen molar-refractivity contribution in [3.63, 3.8) is 0 Å². The summed E-state index contributed by atoms with van der Waals surface area (Å²) in [6, 6.07) is 12.2. The van der Waals surface area contributed by atoms with Crippen molar-refractivity contribution in [2.45, 2.75) is 24.6 Å². The van der Waals surface area contributed by atoms with E-state index in [1.165, 1.54) is 0 Å². The van der Waals surface area contributed by atoms with Gasteiger partial charge in [0.05, 0.1) is 30.0 Å². The Hall–Kier alpha value is -3.51. The van der Waals surface area contributed by atoms with Crippen LogP contribution in [-0.2, 0) is 16.1 Å². The number of carbonyl (C=O) groups is 2. The highest BCUT2D eigenvalue weighted by Crippen LogP contribution is 2.35. The predicted octanol–water partition coefficient (Wildman–Crippen LogP) is 2.64. The molecular weight excluding hydrogens is 414 g/mol. The van der Waals surface area contributed by atoms with E-state index in [2.05, 4.69) is 10.3 Å². The molecule has 1 unspecified atom stereocenters. The van der Waals surface area contributed by atoms with Gasteiger partial charge in [0.2, 0.25) is 5.91 Å². The number of rotatable bonds is 5. The summed E-state index contributed by atoms with van der Waals surface area (Å²) in [5.74, 6) is 0.0934. The maximum Gasteiger partial charge on any atom is 0.258 e. The number of thioether (sulfide) groups is 1. The molecule has 9 heteroatoms. The minimum atomic E-state index is -0.789. The number of amides is 2. The van der Waals surface area contributed by atoms with Gasteiger partial charge in [0.25, 0.3) is 5.91 Å². The lowest BCUT2D eigenvalue weighted by Crippen LogP contribution is -2.33. The van der Waals surface area contributed by atoms with Crippen molar-refractivity contribution in [3.8, 4) is 6.07 Å². The molecule has 3 N–H and O–H groups in total. The Bertz CT molecular complexity index is 1090. The number of hydrogen-bond donors (Lipinski definition) is 2. The Balaban J connectivity index is 1.60. The van der Waals surface area contributed by atoms with Gasteiger partial charge in [-0.15, -0.1) is 0 Å². The van der Waals surface area contributed by atoms with E-state index in [1.54, 1.807) is 47.6 Å². The average Bonchev–Trinajstić information content (AvgIpc) is 3.53. The summed E-state index contributed by atoms with van der Waals surface area (Å²) in [7, 11) is 0. The third-order valence-electron chi connectivity index (χ3n) is 5.08. The van der Waals surface area contributed by atoms with Crippen molar-refractivity contribution >= 4 is 34.3 Å². The SMILES string of the molecule is N#Cc1cccc(NC(=O)C2SC(=NCc3ccco3)C(C(=O)N3CCCC3)=C2N)c1. The van der Waals surface area contributed by atoms with Crippen LogP contribution < -0.4 is 11.1 Å². The zero-order chi connectivity index (χ0) is 21.8. The summed E-state index contributed by atoms with van der Waals surface area (Å²) < 4.78 is 5.33. The van der Waals surface area contributed by atoms with E-state index in [1.807, 2.05) is 6.07 Å². The average molecular weight is 436 g/mol. The monoisotopic (exact) mass is 435 g/mol. The van der Waals surface area contributed by atoms with E-state index >= 15 is 0 Å². The summed E-state index contributed by atoms with van der Waals surface area (Å²) in [6.07, 6.45) is 3.46. The first-order valence-corrected chi connectivity index (χ1v) is 10.8. The minimum Gasteiger partial charge on any atom is -0.467 e. The van der Waals surface area contributed by atoms with Crippen molar-refractivity contribution < 1.29 is 14.0 Å². The summed E-state index contributed by atoms with van der Waals surface area (Å²) >= 11 is 1.16. The number of nitrogens with one attached hydrogen (secondary N) is 1. The number of nitriles is 1. The lowest BCUT2D eigenvalue weighted by Gasteiger charge is -2.16. The van der Waals surface area contributed by atoms with E-state index in [4.69, 9.17) is 15.4 Å². The smallest absolute Gasteiger partial charge is 0.258 e. The largest absolute Gasteiger partial charge is 0.467 e. The number of carbonyl (C=O) groups excluding carboxylic acids is 2. The number of nitrogens with two attached hydrogens (primary N) is 1. The van der Waals surface area contributed by atoms with E-state index in [-0.39, 0.29) is 24.1 Å².